The molecular formula is C14H13N5S. The van der Waals surface area contributed by atoms with E-state index in [0.29, 0.717) is 23.1 Å². The number of hydrogen-bond donors (Lipinski definition) is 2. The molecule has 0 amide bonds. The van der Waals surface area contributed by atoms with E-state index in [1.54, 1.807) is 18.0 Å². The Morgan fingerprint density at radius 3 is 2.65 bits per heavy atom. The molecule has 0 fully saturated rings. The number of hydrogen-bond acceptors (Lipinski definition) is 6. The summed E-state index contributed by atoms with van der Waals surface area (Å²) in [4.78, 5) is 13.1. The summed E-state index contributed by atoms with van der Waals surface area (Å²) >= 11 is 1.55. The minimum absolute atomic E-state index is 0.511. The van der Waals surface area contributed by atoms with Gasteiger partial charge in [-0.3, -0.25) is 0 Å². The van der Waals surface area contributed by atoms with E-state index in [-0.39, 0.29) is 0 Å². The number of benzene rings is 1. The SMILES string of the molecule is Nc1ccc(SCc2nc(N)c3ccccc3n2)nc1. The third-order valence-corrected chi connectivity index (χ3v) is 3.73. The van der Waals surface area contributed by atoms with Gasteiger partial charge in [0.15, 0.2) is 0 Å². The second kappa shape index (κ2) is 5.34. The Kier molecular flexibility index (Phi) is 3.39. The van der Waals surface area contributed by atoms with Crippen LogP contribution >= 0.6 is 11.8 Å². The third kappa shape index (κ3) is 2.65. The first kappa shape index (κ1) is 12.7. The minimum Gasteiger partial charge on any atom is -0.397 e. The highest BCUT2D eigenvalue weighted by atomic mass is 32.2. The lowest BCUT2D eigenvalue weighted by molar-refractivity contribution is 1.06. The minimum atomic E-state index is 0.511. The van der Waals surface area contributed by atoms with Crippen molar-refractivity contribution in [2.45, 2.75) is 10.8 Å². The summed E-state index contributed by atoms with van der Waals surface area (Å²) in [6.45, 7) is 0. The molecule has 0 radical (unpaired) electrons. The molecule has 0 aliphatic rings. The van der Waals surface area contributed by atoms with Gasteiger partial charge in [-0.25, -0.2) is 15.0 Å². The lowest BCUT2D eigenvalue weighted by Crippen LogP contribution is -2.00. The van der Waals surface area contributed by atoms with E-state index in [1.807, 2.05) is 36.4 Å². The summed E-state index contributed by atoms with van der Waals surface area (Å²) in [5.41, 5.74) is 13.1. The van der Waals surface area contributed by atoms with Gasteiger partial charge >= 0.3 is 0 Å². The van der Waals surface area contributed by atoms with Crippen molar-refractivity contribution in [3.63, 3.8) is 0 Å². The Morgan fingerprint density at radius 1 is 1.00 bits per heavy atom. The number of nitrogen functional groups attached to an aromatic ring is 2. The Hall–Kier alpha value is -2.34. The molecule has 0 atom stereocenters. The van der Waals surface area contributed by atoms with E-state index >= 15 is 0 Å². The molecule has 0 aliphatic heterocycles. The average Bonchev–Trinajstić information content (AvgIpc) is 2.47. The van der Waals surface area contributed by atoms with Crippen molar-refractivity contribution < 1.29 is 0 Å². The molecule has 0 saturated heterocycles. The maximum Gasteiger partial charge on any atom is 0.141 e. The summed E-state index contributed by atoms with van der Waals surface area (Å²) < 4.78 is 0. The van der Waals surface area contributed by atoms with Crippen molar-refractivity contribution >= 4 is 34.2 Å². The van der Waals surface area contributed by atoms with E-state index in [4.69, 9.17) is 11.5 Å². The first-order chi connectivity index (χ1) is 9.72. The zero-order valence-electron chi connectivity index (χ0n) is 10.7. The molecular weight excluding hydrogens is 270 g/mol. The van der Waals surface area contributed by atoms with Crippen LogP contribution in [0.25, 0.3) is 10.9 Å². The van der Waals surface area contributed by atoms with Crippen LogP contribution in [0.3, 0.4) is 0 Å². The normalized spacial score (nSPS) is 10.8. The van der Waals surface area contributed by atoms with Crippen LogP contribution in [-0.2, 0) is 5.75 Å². The number of rotatable bonds is 3. The van der Waals surface area contributed by atoms with Crippen LogP contribution in [0.4, 0.5) is 11.5 Å². The summed E-state index contributed by atoms with van der Waals surface area (Å²) in [6.07, 6.45) is 1.64. The molecule has 1 aromatic carbocycles. The molecule has 6 heteroatoms. The first-order valence-electron chi connectivity index (χ1n) is 6.08. The number of thioether (sulfide) groups is 1. The van der Waals surface area contributed by atoms with E-state index in [1.165, 1.54) is 0 Å². The topological polar surface area (TPSA) is 90.7 Å². The van der Waals surface area contributed by atoms with Gasteiger partial charge in [-0.05, 0) is 24.3 Å². The molecule has 0 spiro atoms. The molecule has 0 saturated carbocycles. The van der Waals surface area contributed by atoms with Gasteiger partial charge in [-0.2, -0.15) is 0 Å². The average molecular weight is 283 g/mol. The van der Waals surface area contributed by atoms with Gasteiger partial charge < -0.3 is 11.5 Å². The summed E-state index contributed by atoms with van der Waals surface area (Å²) in [7, 11) is 0. The van der Waals surface area contributed by atoms with E-state index in [2.05, 4.69) is 15.0 Å². The van der Waals surface area contributed by atoms with Gasteiger partial charge in [0.25, 0.3) is 0 Å². The van der Waals surface area contributed by atoms with Crippen LogP contribution < -0.4 is 11.5 Å². The van der Waals surface area contributed by atoms with E-state index in [9.17, 15) is 0 Å². The van der Waals surface area contributed by atoms with E-state index < -0.39 is 0 Å². The number of anilines is 2. The number of para-hydroxylation sites is 1. The maximum absolute atomic E-state index is 5.95. The molecule has 2 heterocycles. The van der Waals surface area contributed by atoms with E-state index in [0.717, 1.165) is 15.9 Å². The lowest BCUT2D eigenvalue weighted by Gasteiger charge is -2.05. The van der Waals surface area contributed by atoms with Crippen LogP contribution in [0.1, 0.15) is 5.82 Å². The summed E-state index contributed by atoms with van der Waals surface area (Å²) in [5, 5.41) is 1.77. The van der Waals surface area contributed by atoms with Crippen molar-refractivity contribution in [3.05, 3.63) is 48.4 Å². The van der Waals surface area contributed by atoms with Crippen molar-refractivity contribution in [3.8, 4) is 0 Å². The van der Waals surface area contributed by atoms with Crippen LogP contribution in [0.2, 0.25) is 0 Å². The highest BCUT2D eigenvalue weighted by molar-refractivity contribution is 7.98. The van der Waals surface area contributed by atoms with Gasteiger partial charge in [0.05, 0.1) is 28.2 Å². The molecule has 3 rings (SSSR count). The first-order valence-corrected chi connectivity index (χ1v) is 7.06. The zero-order valence-corrected chi connectivity index (χ0v) is 11.5. The zero-order chi connectivity index (χ0) is 13.9. The molecule has 3 aromatic rings. The largest absolute Gasteiger partial charge is 0.397 e. The quantitative estimate of drug-likeness (QED) is 0.718. The molecule has 20 heavy (non-hydrogen) atoms. The number of fused-ring (bicyclic) bond motifs is 1. The summed E-state index contributed by atoms with van der Waals surface area (Å²) in [6, 6.07) is 11.4. The lowest BCUT2D eigenvalue weighted by atomic mass is 10.2. The highest BCUT2D eigenvalue weighted by Crippen LogP contribution is 2.22. The molecule has 0 unspecified atom stereocenters. The number of aromatic nitrogens is 3. The Bertz CT molecular complexity index is 742. The van der Waals surface area contributed by atoms with Crippen molar-refractivity contribution in [1.82, 2.24) is 15.0 Å². The van der Waals surface area contributed by atoms with Crippen molar-refractivity contribution in [2.75, 3.05) is 11.5 Å². The predicted molar refractivity (Wildman–Crippen MR) is 82.2 cm³/mol. The number of pyridine rings is 1. The Morgan fingerprint density at radius 2 is 1.85 bits per heavy atom. The van der Waals surface area contributed by atoms with Crippen LogP contribution in [0.15, 0.2) is 47.6 Å². The molecule has 5 nitrogen and oxygen atoms in total. The van der Waals surface area contributed by atoms with Gasteiger partial charge in [-0.15, -0.1) is 0 Å². The van der Waals surface area contributed by atoms with Crippen LogP contribution in [-0.4, -0.2) is 15.0 Å². The monoisotopic (exact) mass is 283 g/mol. The molecule has 2 aromatic heterocycles. The molecule has 100 valence electrons. The Balaban J connectivity index is 1.82. The van der Waals surface area contributed by atoms with Crippen LogP contribution in [0.5, 0.6) is 0 Å². The highest BCUT2D eigenvalue weighted by Gasteiger charge is 2.05. The van der Waals surface area contributed by atoms with Crippen molar-refractivity contribution in [1.29, 1.82) is 0 Å². The number of nitrogens with zero attached hydrogens (tertiary/aromatic N) is 3. The van der Waals surface area contributed by atoms with Crippen LogP contribution in [0, 0.1) is 0 Å². The molecule has 0 bridgehead atoms. The second-order valence-electron chi connectivity index (χ2n) is 4.26. The van der Waals surface area contributed by atoms with Crippen molar-refractivity contribution in [2.24, 2.45) is 0 Å². The predicted octanol–water partition coefficient (Wildman–Crippen LogP) is 2.48. The standard InChI is InChI=1S/C14H13N5S/c15-9-5-6-13(17-7-9)20-8-12-18-11-4-2-1-3-10(11)14(16)19-12/h1-7H,8,15H2,(H2,16,18,19). The van der Waals surface area contributed by atoms with Gasteiger partial charge in [0, 0.05) is 5.39 Å². The third-order valence-electron chi connectivity index (χ3n) is 2.79. The van der Waals surface area contributed by atoms with Gasteiger partial charge in [0.2, 0.25) is 0 Å². The summed E-state index contributed by atoms with van der Waals surface area (Å²) in [5.74, 6) is 1.83. The van der Waals surface area contributed by atoms with Gasteiger partial charge in [-0.1, -0.05) is 23.9 Å². The fourth-order valence-corrected chi connectivity index (χ4v) is 2.53. The maximum atomic E-state index is 5.95. The smallest absolute Gasteiger partial charge is 0.141 e. The second-order valence-corrected chi connectivity index (χ2v) is 5.26. The molecule has 4 N–H and O–H groups in total. The molecule has 0 aliphatic carbocycles. The van der Waals surface area contributed by atoms with Gasteiger partial charge in [0.1, 0.15) is 11.6 Å². The number of nitrogens with two attached hydrogens (primary N) is 2. The Labute approximate surface area is 120 Å². The fraction of sp³-hybridized carbons (Fsp3) is 0.0714. The fourth-order valence-electron chi connectivity index (χ4n) is 1.83.